The first-order chi connectivity index (χ1) is 12.8. The van der Waals surface area contributed by atoms with Gasteiger partial charge in [0.1, 0.15) is 10.1 Å². The van der Waals surface area contributed by atoms with Crippen LogP contribution in [0.15, 0.2) is 47.4 Å². The summed E-state index contributed by atoms with van der Waals surface area (Å²) in [6.45, 7) is 1.59. The molecule has 7 nitrogen and oxygen atoms in total. The standard InChI is InChI=1S/C18H12N2O5S2/c1-10-2-5-12(9-14(10)20(23)24)17(22)25-13-6-3-11(4-7-13)8-15-16(21)19-18(26)27-15/h2-9H,1H3,(H,19,21,26)/b15-8-. The number of benzene rings is 2. The van der Waals surface area contributed by atoms with Crippen molar-refractivity contribution in [3.63, 3.8) is 0 Å². The maximum Gasteiger partial charge on any atom is 0.343 e. The Labute approximate surface area is 163 Å². The number of amides is 1. The fourth-order valence-electron chi connectivity index (χ4n) is 2.30. The molecule has 2 aromatic carbocycles. The van der Waals surface area contributed by atoms with Crippen LogP contribution in [-0.4, -0.2) is 21.1 Å². The molecule has 0 saturated carbocycles. The van der Waals surface area contributed by atoms with Crippen LogP contribution in [0.1, 0.15) is 21.5 Å². The van der Waals surface area contributed by atoms with E-state index in [0.29, 0.717) is 14.8 Å². The summed E-state index contributed by atoms with van der Waals surface area (Å²) in [6, 6.07) is 10.7. The lowest BCUT2D eigenvalue weighted by Gasteiger charge is -2.06. The molecular formula is C18H12N2O5S2. The fraction of sp³-hybridized carbons (Fsp3) is 0.0556. The van der Waals surface area contributed by atoms with Crippen LogP contribution in [0.3, 0.4) is 0 Å². The van der Waals surface area contributed by atoms with Crippen molar-refractivity contribution in [1.29, 1.82) is 0 Å². The van der Waals surface area contributed by atoms with E-state index in [0.717, 1.165) is 5.56 Å². The van der Waals surface area contributed by atoms with Gasteiger partial charge >= 0.3 is 5.97 Å². The predicted molar refractivity (Wildman–Crippen MR) is 106 cm³/mol. The van der Waals surface area contributed by atoms with Crippen molar-refractivity contribution in [1.82, 2.24) is 5.32 Å². The minimum absolute atomic E-state index is 0.0889. The van der Waals surface area contributed by atoms with Crippen molar-refractivity contribution in [3.05, 3.63) is 74.2 Å². The average Bonchev–Trinajstić information content (AvgIpc) is 2.93. The molecule has 0 aromatic heterocycles. The van der Waals surface area contributed by atoms with Gasteiger partial charge in [-0.15, -0.1) is 0 Å². The highest BCUT2D eigenvalue weighted by Crippen LogP contribution is 2.26. The molecule has 27 heavy (non-hydrogen) atoms. The Hall–Kier alpha value is -3.04. The molecule has 0 bridgehead atoms. The van der Waals surface area contributed by atoms with Gasteiger partial charge in [0.15, 0.2) is 0 Å². The molecule has 1 fully saturated rings. The number of thiocarbonyl (C=S) groups is 1. The maximum atomic E-state index is 12.2. The Bertz CT molecular complexity index is 999. The molecule has 3 rings (SSSR count). The smallest absolute Gasteiger partial charge is 0.343 e. The predicted octanol–water partition coefficient (Wildman–Crippen LogP) is 3.61. The second-order valence-corrected chi connectivity index (χ2v) is 7.29. The molecule has 0 unspecified atom stereocenters. The normalized spacial score (nSPS) is 14.9. The molecule has 1 aliphatic heterocycles. The van der Waals surface area contributed by atoms with Gasteiger partial charge in [-0.1, -0.05) is 42.2 Å². The number of nitrogens with zero attached hydrogens (tertiary/aromatic N) is 1. The van der Waals surface area contributed by atoms with E-state index in [9.17, 15) is 19.7 Å². The number of nitrogens with one attached hydrogen (secondary N) is 1. The van der Waals surface area contributed by atoms with E-state index in [4.69, 9.17) is 17.0 Å². The van der Waals surface area contributed by atoms with Crippen LogP contribution in [-0.2, 0) is 4.79 Å². The van der Waals surface area contributed by atoms with Crippen LogP contribution in [0.2, 0.25) is 0 Å². The second kappa shape index (κ2) is 7.68. The number of rotatable bonds is 4. The van der Waals surface area contributed by atoms with Crippen molar-refractivity contribution >= 4 is 51.9 Å². The number of carbonyl (C=O) groups is 2. The van der Waals surface area contributed by atoms with Crippen molar-refractivity contribution in [2.24, 2.45) is 0 Å². The number of hydrogen-bond acceptors (Lipinski definition) is 7. The molecule has 0 spiro atoms. The van der Waals surface area contributed by atoms with Crippen molar-refractivity contribution in [2.75, 3.05) is 0 Å². The van der Waals surface area contributed by atoms with Gasteiger partial charge in [-0.25, -0.2) is 4.79 Å². The van der Waals surface area contributed by atoms with Gasteiger partial charge in [-0.2, -0.15) is 0 Å². The Morgan fingerprint density at radius 1 is 1.26 bits per heavy atom. The van der Waals surface area contributed by atoms with E-state index in [1.807, 2.05) is 0 Å². The zero-order chi connectivity index (χ0) is 19.6. The lowest BCUT2D eigenvalue weighted by atomic mass is 10.1. The quantitative estimate of drug-likeness (QED) is 0.209. The van der Waals surface area contributed by atoms with Gasteiger partial charge in [0.05, 0.1) is 15.4 Å². The van der Waals surface area contributed by atoms with Crippen LogP contribution in [0.4, 0.5) is 5.69 Å². The lowest BCUT2D eigenvalue weighted by Crippen LogP contribution is -2.17. The van der Waals surface area contributed by atoms with Crippen LogP contribution in [0, 0.1) is 17.0 Å². The number of ether oxygens (including phenoxy) is 1. The summed E-state index contributed by atoms with van der Waals surface area (Å²) >= 11 is 6.10. The van der Waals surface area contributed by atoms with E-state index in [1.165, 1.54) is 30.0 Å². The lowest BCUT2D eigenvalue weighted by molar-refractivity contribution is -0.385. The number of thioether (sulfide) groups is 1. The summed E-state index contributed by atoms with van der Waals surface area (Å²) in [5.41, 5.74) is 1.15. The first-order valence-corrected chi connectivity index (χ1v) is 8.88. The highest BCUT2D eigenvalue weighted by atomic mass is 32.2. The summed E-state index contributed by atoms with van der Waals surface area (Å²) in [6.07, 6.45) is 1.67. The zero-order valence-corrected chi connectivity index (χ0v) is 15.6. The van der Waals surface area contributed by atoms with E-state index in [1.54, 1.807) is 37.3 Å². The summed E-state index contributed by atoms with van der Waals surface area (Å²) in [7, 11) is 0. The largest absolute Gasteiger partial charge is 0.423 e. The highest BCUT2D eigenvalue weighted by molar-refractivity contribution is 8.26. The number of hydrogen-bond donors (Lipinski definition) is 1. The molecule has 1 N–H and O–H groups in total. The van der Waals surface area contributed by atoms with Crippen LogP contribution < -0.4 is 10.1 Å². The number of esters is 1. The van der Waals surface area contributed by atoms with Gasteiger partial charge in [0, 0.05) is 11.6 Å². The minimum atomic E-state index is -0.694. The zero-order valence-electron chi connectivity index (χ0n) is 13.9. The molecule has 0 atom stereocenters. The summed E-state index contributed by atoms with van der Waals surface area (Å²) in [5.74, 6) is -0.661. The Morgan fingerprint density at radius 2 is 1.96 bits per heavy atom. The first-order valence-electron chi connectivity index (χ1n) is 7.65. The molecule has 2 aromatic rings. The average molecular weight is 400 g/mol. The molecule has 1 aliphatic rings. The van der Waals surface area contributed by atoms with Gasteiger partial charge < -0.3 is 10.1 Å². The molecule has 0 radical (unpaired) electrons. The SMILES string of the molecule is Cc1ccc(C(=O)Oc2ccc(/C=C3\SC(=S)NC3=O)cc2)cc1[N+](=O)[O-]. The van der Waals surface area contributed by atoms with Crippen LogP contribution >= 0.6 is 24.0 Å². The van der Waals surface area contributed by atoms with Crippen molar-refractivity contribution < 1.29 is 19.2 Å². The Kier molecular flexibility index (Phi) is 5.33. The van der Waals surface area contributed by atoms with Crippen LogP contribution in [0.5, 0.6) is 5.75 Å². The van der Waals surface area contributed by atoms with E-state index >= 15 is 0 Å². The third-order valence-electron chi connectivity index (χ3n) is 3.67. The second-order valence-electron chi connectivity index (χ2n) is 5.57. The van der Waals surface area contributed by atoms with Crippen molar-refractivity contribution in [2.45, 2.75) is 6.92 Å². The van der Waals surface area contributed by atoms with E-state index in [2.05, 4.69) is 5.32 Å². The maximum absolute atomic E-state index is 12.2. The minimum Gasteiger partial charge on any atom is -0.423 e. The molecule has 1 amide bonds. The van der Waals surface area contributed by atoms with Crippen LogP contribution in [0.25, 0.3) is 6.08 Å². The molecule has 136 valence electrons. The fourth-order valence-corrected chi connectivity index (χ4v) is 3.35. The summed E-state index contributed by atoms with van der Waals surface area (Å²) in [5, 5.41) is 13.5. The monoisotopic (exact) mass is 400 g/mol. The molecule has 0 aliphatic carbocycles. The van der Waals surface area contributed by atoms with Gasteiger partial charge in [0.2, 0.25) is 0 Å². The Morgan fingerprint density at radius 3 is 2.56 bits per heavy atom. The molecule has 9 heteroatoms. The van der Waals surface area contributed by atoms with Crippen molar-refractivity contribution in [3.8, 4) is 5.75 Å². The number of nitro groups is 1. The van der Waals surface area contributed by atoms with Gasteiger partial charge in [-0.3, -0.25) is 14.9 Å². The summed E-state index contributed by atoms with van der Waals surface area (Å²) in [4.78, 5) is 34.8. The van der Waals surface area contributed by atoms with Gasteiger partial charge in [0.25, 0.3) is 11.6 Å². The molecule has 1 heterocycles. The molecular weight excluding hydrogens is 388 g/mol. The number of nitro benzene ring substituents is 1. The summed E-state index contributed by atoms with van der Waals surface area (Å²) < 4.78 is 5.66. The Balaban J connectivity index is 1.73. The third-order valence-corrected chi connectivity index (χ3v) is 4.83. The number of aryl methyl sites for hydroxylation is 1. The van der Waals surface area contributed by atoms with E-state index in [-0.39, 0.29) is 22.9 Å². The topological polar surface area (TPSA) is 98.5 Å². The highest BCUT2D eigenvalue weighted by Gasteiger charge is 2.22. The van der Waals surface area contributed by atoms with Gasteiger partial charge in [-0.05, 0) is 36.8 Å². The first kappa shape index (κ1) is 18.7. The third kappa shape index (κ3) is 4.39. The number of carbonyl (C=O) groups excluding carboxylic acids is 2. The van der Waals surface area contributed by atoms with E-state index < -0.39 is 10.9 Å². The molecule has 1 saturated heterocycles.